The lowest BCUT2D eigenvalue weighted by molar-refractivity contribution is -0.151. The summed E-state index contributed by atoms with van der Waals surface area (Å²) in [5, 5.41) is 2.91. The van der Waals surface area contributed by atoms with Crippen LogP contribution in [0.5, 0.6) is 5.75 Å². The third kappa shape index (κ3) is 8.35. The second kappa shape index (κ2) is 9.92. The highest BCUT2D eigenvalue weighted by atomic mass is 32.2. The molecular formula is C21H31NO4S2. The van der Waals surface area contributed by atoms with Crippen molar-refractivity contribution < 1.29 is 19.1 Å². The fourth-order valence-corrected chi connectivity index (χ4v) is 6.24. The minimum Gasteiger partial charge on any atom is -0.482 e. The average molecular weight is 426 g/mol. The van der Waals surface area contributed by atoms with Crippen LogP contribution in [0, 0.1) is 5.41 Å². The molecule has 1 amide bonds. The smallest absolute Gasteiger partial charge is 0.344 e. The van der Waals surface area contributed by atoms with E-state index in [0.29, 0.717) is 10.3 Å². The van der Waals surface area contributed by atoms with Gasteiger partial charge in [0.2, 0.25) is 0 Å². The zero-order valence-corrected chi connectivity index (χ0v) is 19.0. The van der Waals surface area contributed by atoms with Crippen molar-refractivity contribution >= 4 is 35.4 Å². The van der Waals surface area contributed by atoms with Crippen LogP contribution in [-0.4, -0.2) is 42.1 Å². The van der Waals surface area contributed by atoms with E-state index in [4.69, 9.17) is 9.47 Å². The zero-order chi connectivity index (χ0) is 20.8. The number of hydrogen-bond donors (Lipinski definition) is 1. The molecule has 1 fully saturated rings. The van der Waals surface area contributed by atoms with Crippen molar-refractivity contribution in [1.82, 2.24) is 5.32 Å². The summed E-state index contributed by atoms with van der Waals surface area (Å²) in [4.78, 5) is 23.9. The minimum atomic E-state index is -0.560. The third-order valence-corrected chi connectivity index (χ3v) is 7.05. The van der Waals surface area contributed by atoms with Crippen molar-refractivity contribution in [2.45, 2.75) is 51.2 Å². The lowest BCUT2D eigenvalue weighted by Crippen LogP contribution is -2.47. The number of carbonyl (C=O) groups excluding carboxylic acids is 2. The van der Waals surface area contributed by atoms with Gasteiger partial charge in [0.05, 0.1) is 4.58 Å². The molecule has 0 radical (unpaired) electrons. The number of carbonyl (C=O) groups is 2. The topological polar surface area (TPSA) is 64.6 Å². The molecule has 0 bridgehead atoms. The van der Waals surface area contributed by atoms with Crippen LogP contribution < -0.4 is 10.1 Å². The van der Waals surface area contributed by atoms with Crippen molar-refractivity contribution in [3.63, 3.8) is 0 Å². The van der Waals surface area contributed by atoms with Crippen molar-refractivity contribution in [2.75, 3.05) is 24.7 Å². The van der Waals surface area contributed by atoms with Crippen molar-refractivity contribution in [2.24, 2.45) is 5.41 Å². The van der Waals surface area contributed by atoms with Gasteiger partial charge in [0.1, 0.15) is 5.75 Å². The maximum absolute atomic E-state index is 12.1. The van der Waals surface area contributed by atoms with Gasteiger partial charge < -0.3 is 14.8 Å². The van der Waals surface area contributed by atoms with E-state index in [1.807, 2.05) is 61.6 Å². The van der Waals surface area contributed by atoms with Crippen molar-refractivity contribution in [1.29, 1.82) is 0 Å². The molecule has 1 aliphatic heterocycles. The molecular weight excluding hydrogens is 394 g/mol. The van der Waals surface area contributed by atoms with Crippen molar-refractivity contribution in [3.8, 4) is 5.75 Å². The standard InChI is InChI=1S/C21H31NO4S2/c1-20(2,3)14-21(4,5)22-17(23)12-26-18(24)13-25-16-8-6-15(7-9-16)19-27-10-11-28-19/h6-9,19H,10-14H2,1-5H3,(H,22,23). The summed E-state index contributed by atoms with van der Waals surface area (Å²) in [5.74, 6) is 2.11. The quantitative estimate of drug-likeness (QED) is 0.622. The highest BCUT2D eigenvalue weighted by Crippen LogP contribution is 2.45. The summed E-state index contributed by atoms with van der Waals surface area (Å²) in [6.45, 7) is 9.78. The molecule has 2 rings (SSSR count). The molecule has 156 valence electrons. The van der Waals surface area contributed by atoms with E-state index in [9.17, 15) is 9.59 Å². The van der Waals surface area contributed by atoms with Crippen LogP contribution in [0.15, 0.2) is 24.3 Å². The third-order valence-electron chi connectivity index (χ3n) is 3.95. The van der Waals surface area contributed by atoms with Crippen LogP contribution in [0.4, 0.5) is 0 Å². The lowest BCUT2D eigenvalue weighted by atomic mass is 9.82. The second-order valence-electron chi connectivity index (χ2n) is 8.76. The summed E-state index contributed by atoms with van der Waals surface area (Å²) < 4.78 is 11.0. The van der Waals surface area contributed by atoms with Gasteiger partial charge >= 0.3 is 5.97 Å². The number of ether oxygens (including phenoxy) is 2. The molecule has 0 spiro atoms. The van der Waals surface area contributed by atoms with Crippen LogP contribution in [0.1, 0.15) is 51.2 Å². The van der Waals surface area contributed by atoms with Crippen LogP contribution >= 0.6 is 23.5 Å². The number of thioether (sulfide) groups is 2. The van der Waals surface area contributed by atoms with Gasteiger partial charge in [-0.25, -0.2) is 4.79 Å². The van der Waals surface area contributed by atoms with E-state index < -0.39 is 5.97 Å². The van der Waals surface area contributed by atoms with E-state index in [1.165, 1.54) is 17.1 Å². The summed E-state index contributed by atoms with van der Waals surface area (Å²) >= 11 is 3.89. The first-order valence-corrected chi connectivity index (χ1v) is 11.6. The van der Waals surface area contributed by atoms with Gasteiger partial charge in [-0.05, 0) is 43.4 Å². The van der Waals surface area contributed by atoms with E-state index >= 15 is 0 Å². The summed E-state index contributed by atoms with van der Waals surface area (Å²) in [5.41, 5.74) is 0.985. The van der Waals surface area contributed by atoms with Crippen LogP contribution in [0.2, 0.25) is 0 Å². The molecule has 0 atom stereocenters. The van der Waals surface area contributed by atoms with E-state index in [-0.39, 0.29) is 30.1 Å². The Hall–Kier alpha value is -1.34. The molecule has 1 N–H and O–H groups in total. The zero-order valence-electron chi connectivity index (χ0n) is 17.4. The SMILES string of the molecule is CC(C)(C)CC(C)(C)NC(=O)COC(=O)COc1ccc(C2SCCS2)cc1. The summed E-state index contributed by atoms with van der Waals surface area (Å²) in [6.07, 6.45) is 0.816. The molecule has 1 saturated heterocycles. The lowest BCUT2D eigenvalue weighted by Gasteiger charge is -2.33. The Morgan fingerprint density at radius 2 is 1.64 bits per heavy atom. The van der Waals surface area contributed by atoms with Gasteiger partial charge in [-0.3, -0.25) is 4.79 Å². The first kappa shape index (κ1) is 22.9. The Morgan fingerprint density at radius 3 is 2.21 bits per heavy atom. The van der Waals surface area contributed by atoms with Gasteiger partial charge in [0, 0.05) is 17.0 Å². The number of rotatable bonds is 8. The molecule has 0 aliphatic carbocycles. The van der Waals surface area contributed by atoms with Gasteiger partial charge in [0.25, 0.3) is 5.91 Å². The van der Waals surface area contributed by atoms with Crippen molar-refractivity contribution in [3.05, 3.63) is 29.8 Å². The highest BCUT2D eigenvalue weighted by molar-refractivity contribution is 8.19. The monoisotopic (exact) mass is 425 g/mol. The maximum Gasteiger partial charge on any atom is 0.344 e. The van der Waals surface area contributed by atoms with Gasteiger partial charge in [-0.1, -0.05) is 32.9 Å². The largest absolute Gasteiger partial charge is 0.482 e. The van der Waals surface area contributed by atoms with Gasteiger partial charge in [-0.15, -0.1) is 23.5 Å². The molecule has 1 aliphatic rings. The predicted octanol–water partition coefficient (Wildman–Crippen LogP) is 4.42. The molecule has 28 heavy (non-hydrogen) atoms. The highest BCUT2D eigenvalue weighted by Gasteiger charge is 2.27. The number of hydrogen-bond acceptors (Lipinski definition) is 6. The number of benzene rings is 1. The predicted molar refractivity (Wildman–Crippen MR) is 117 cm³/mol. The maximum atomic E-state index is 12.1. The van der Waals surface area contributed by atoms with E-state index in [0.717, 1.165) is 6.42 Å². The first-order valence-electron chi connectivity index (χ1n) is 9.47. The molecule has 0 aromatic heterocycles. The van der Waals surface area contributed by atoms with Crippen LogP contribution in [0.25, 0.3) is 0 Å². The van der Waals surface area contributed by atoms with E-state index in [2.05, 4.69) is 26.1 Å². The minimum absolute atomic E-state index is 0.0893. The van der Waals surface area contributed by atoms with Crippen LogP contribution in [0.3, 0.4) is 0 Å². The second-order valence-corrected chi connectivity index (χ2v) is 11.5. The first-order chi connectivity index (χ1) is 13.0. The molecule has 1 aromatic rings. The van der Waals surface area contributed by atoms with E-state index in [1.54, 1.807) is 0 Å². The Kier molecular flexibility index (Phi) is 8.13. The Bertz CT molecular complexity index is 662. The number of amides is 1. The normalized spacial score (nSPS) is 15.3. The molecule has 0 unspecified atom stereocenters. The van der Waals surface area contributed by atoms with Gasteiger partial charge in [-0.2, -0.15) is 0 Å². The molecule has 1 heterocycles. The molecule has 1 aromatic carbocycles. The Balaban J connectivity index is 1.70. The molecule has 7 heteroatoms. The summed E-state index contributed by atoms with van der Waals surface area (Å²) in [6, 6.07) is 7.79. The number of nitrogens with one attached hydrogen (secondary N) is 1. The Labute approximate surface area is 176 Å². The average Bonchev–Trinajstić information content (AvgIpc) is 3.10. The molecule has 5 nitrogen and oxygen atoms in total. The van der Waals surface area contributed by atoms with Gasteiger partial charge in [0.15, 0.2) is 13.2 Å². The fourth-order valence-electron chi connectivity index (χ4n) is 3.39. The number of esters is 1. The van der Waals surface area contributed by atoms with Crippen LogP contribution in [-0.2, 0) is 14.3 Å². The Morgan fingerprint density at radius 1 is 1.04 bits per heavy atom. The summed E-state index contributed by atoms with van der Waals surface area (Å²) in [7, 11) is 0. The fraction of sp³-hybridized carbons (Fsp3) is 0.619. The molecule has 0 saturated carbocycles.